The van der Waals surface area contributed by atoms with Gasteiger partial charge >= 0.3 is 0 Å². The molecule has 0 amide bonds. The van der Waals surface area contributed by atoms with Gasteiger partial charge in [-0.25, -0.2) is 0 Å². The fourth-order valence-electron chi connectivity index (χ4n) is 1.54. The Hall–Kier alpha value is -1.48. The second-order valence-corrected chi connectivity index (χ2v) is 3.72. The number of benzene rings is 1. The van der Waals surface area contributed by atoms with Gasteiger partial charge in [0.25, 0.3) is 0 Å². The lowest BCUT2D eigenvalue weighted by atomic mass is 10.2. The fourth-order valence-corrected chi connectivity index (χ4v) is 1.54. The van der Waals surface area contributed by atoms with Gasteiger partial charge in [-0.1, -0.05) is 25.1 Å². The second-order valence-electron chi connectivity index (χ2n) is 3.72. The quantitative estimate of drug-likeness (QED) is 0.555. The minimum absolute atomic E-state index is 0.703. The van der Waals surface area contributed by atoms with Crippen LogP contribution in [0.5, 0.6) is 11.5 Å². The van der Waals surface area contributed by atoms with Crippen LogP contribution in [-0.4, -0.2) is 20.3 Å². The first-order valence-electron chi connectivity index (χ1n) is 5.93. The van der Waals surface area contributed by atoms with Crippen molar-refractivity contribution in [3.8, 4) is 11.5 Å². The minimum atomic E-state index is 0.703. The van der Waals surface area contributed by atoms with Gasteiger partial charge in [0.1, 0.15) is 0 Å². The highest BCUT2D eigenvalue weighted by atomic mass is 16.5. The molecule has 0 fully saturated rings. The summed E-state index contributed by atoms with van der Waals surface area (Å²) in [5.74, 6) is 1.63. The minimum Gasteiger partial charge on any atom is -0.493 e. The third-order valence-corrected chi connectivity index (χ3v) is 2.34. The fraction of sp³-hybridized carbons (Fsp3) is 0.429. The predicted octanol–water partition coefficient (Wildman–Crippen LogP) is 2.76. The van der Waals surface area contributed by atoms with Crippen molar-refractivity contribution in [2.45, 2.75) is 19.9 Å². The van der Waals surface area contributed by atoms with E-state index >= 15 is 0 Å². The molecule has 0 heterocycles. The molecule has 0 unspecified atom stereocenters. The zero-order valence-corrected chi connectivity index (χ0v) is 10.7. The van der Waals surface area contributed by atoms with Gasteiger partial charge in [-0.05, 0) is 12.5 Å². The van der Waals surface area contributed by atoms with Gasteiger partial charge in [0.05, 0.1) is 13.7 Å². The highest BCUT2D eigenvalue weighted by Gasteiger charge is 2.09. The van der Waals surface area contributed by atoms with Gasteiger partial charge in [-0.2, -0.15) is 0 Å². The maximum atomic E-state index is 5.75. The molecule has 1 N–H and O–H groups in total. The highest BCUT2D eigenvalue weighted by Crippen LogP contribution is 2.31. The van der Waals surface area contributed by atoms with Gasteiger partial charge in [-0.15, -0.1) is 6.58 Å². The molecule has 1 aromatic rings. The summed E-state index contributed by atoms with van der Waals surface area (Å²) in [4.78, 5) is 0. The molecule has 0 aliphatic rings. The van der Waals surface area contributed by atoms with Crippen molar-refractivity contribution in [2.75, 3.05) is 20.3 Å². The van der Waals surface area contributed by atoms with Crippen LogP contribution in [0.2, 0.25) is 0 Å². The molecule has 1 aromatic carbocycles. The highest BCUT2D eigenvalue weighted by molar-refractivity contribution is 5.46. The van der Waals surface area contributed by atoms with Crippen molar-refractivity contribution in [3.05, 3.63) is 36.4 Å². The molecular formula is C14H21NO2. The van der Waals surface area contributed by atoms with Crippen molar-refractivity contribution in [2.24, 2.45) is 0 Å². The van der Waals surface area contributed by atoms with Crippen molar-refractivity contribution in [1.82, 2.24) is 5.32 Å². The molecule has 3 heteroatoms. The predicted molar refractivity (Wildman–Crippen MR) is 70.7 cm³/mol. The molecule has 0 bridgehead atoms. The van der Waals surface area contributed by atoms with Crippen molar-refractivity contribution < 1.29 is 9.47 Å². The third-order valence-electron chi connectivity index (χ3n) is 2.34. The van der Waals surface area contributed by atoms with Crippen LogP contribution in [0.25, 0.3) is 0 Å². The molecule has 0 saturated carbocycles. The summed E-state index contributed by atoms with van der Waals surface area (Å²) < 4.78 is 11.1. The summed E-state index contributed by atoms with van der Waals surface area (Å²) in [5, 5.41) is 3.27. The van der Waals surface area contributed by atoms with Gasteiger partial charge in [0.15, 0.2) is 11.5 Å². The van der Waals surface area contributed by atoms with E-state index in [2.05, 4.69) is 18.8 Å². The first-order valence-corrected chi connectivity index (χ1v) is 5.93. The van der Waals surface area contributed by atoms with E-state index in [9.17, 15) is 0 Å². The Morgan fingerprint density at radius 1 is 1.41 bits per heavy atom. The maximum absolute atomic E-state index is 5.75. The first kappa shape index (κ1) is 13.6. The molecule has 0 spiro atoms. The van der Waals surface area contributed by atoms with Crippen LogP contribution in [-0.2, 0) is 6.54 Å². The van der Waals surface area contributed by atoms with Crippen LogP contribution in [0.3, 0.4) is 0 Å². The molecule has 0 atom stereocenters. The van der Waals surface area contributed by atoms with Crippen LogP contribution >= 0.6 is 0 Å². The SMILES string of the molecule is C=CCNCc1cccc(OC)c1OCCC. The summed E-state index contributed by atoms with van der Waals surface area (Å²) in [6.07, 6.45) is 2.82. The molecule has 1 rings (SSSR count). The number of ether oxygens (including phenoxy) is 2. The smallest absolute Gasteiger partial charge is 0.165 e. The van der Waals surface area contributed by atoms with E-state index in [4.69, 9.17) is 9.47 Å². The van der Waals surface area contributed by atoms with Crippen LogP contribution < -0.4 is 14.8 Å². The monoisotopic (exact) mass is 235 g/mol. The summed E-state index contributed by atoms with van der Waals surface area (Å²) in [6.45, 7) is 8.01. The molecule has 0 saturated heterocycles. The average molecular weight is 235 g/mol. The number of nitrogens with one attached hydrogen (secondary N) is 1. The Kier molecular flexibility index (Phi) is 6.18. The third kappa shape index (κ3) is 4.11. The Morgan fingerprint density at radius 2 is 2.24 bits per heavy atom. The van der Waals surface area contributed by atoms with Crippen LogP contribution in [0.1, 0.15) is 18.9 Å². The van der Waals surface area contributed by atoms with E-state index in [1.807, 2.05) is 24.3 Å². The Morgan fingerprint density at radius 3 is 2.88 bits per heavy atom. The van der Waals surface area contributed by atoms with E-state index < -0.39 is 0 Å². The second kappa shape index (κ2) is 7.74. The average Bonchev–Trinajstić information content (AvgIpc) is 2.37. The molecule has 0 aliphatic heterocycles. The number of hydrogen-bond donors (Lipinski definition) is 1. The van der Waals surface area contributed by atoms with Crippen molar-refractivity contribution >= 4 is 0 Å². The Balaban J connectivity index is 2.80. The summed E-state index contributed by atoms with van der Waals surface area (Å²) in [6, 6.07) is 5.94. The Labute approximate surface area is 103 Å². The standard InChI is InChI=1S/C14H21NO2/c1-4-9-15-11-12-7-6-8-13(16-3)14(12)17-10-5-2/h4,6-8,15H,1,5,9-11H2,2-3H3. The summed E-state index contributed by atoms with van der Waals surface area (Å²) in [7, 11) is 1.66. The largest absolute Gasteiger partial charge is 0.493 e. The molecule has 3 nitrogen and oxygen atoms in total. The maximum Gasteiger partial charge on any atom is 0.165 e. The molecule has 94 valence electrons. The van der Waals surface area contributed by atoms with Crippen LogP contribution in [0.15, 0.2) is 30.9 Å². The van der Waals surface area contributed by atoms with E-state index in [0.29, 0.717) is 6.61 Å². The zero-order chi connectivity index (χ0) is 12.5. The zero-order valence-electron chi connectivity index (χ0n) is 10.7. The summed E-state index contributed by atoms with van der Waals surface area (Å²) >= 11 is 0. The van der Waals surface area contributed by atoms with Gasteiger partial charge in [0.2, 0.25) is 0 Å². The molecular weight excluding hydrogens is 214 g/mol. The van der Waals surface area contributed by atoms with Crippen LogP contribution in [0.4, 0.5) is 0 Å². The number of para-hydroxylation sites is 1. The van der Waals surface area contributed by atoms with Gasteiger partial charge in [0, 0.05) is 18.7 Å². The van der Waals surface area contributed by atoms with E-state index in [1.54, 1.807) is 7.11 Å². The number of rotatable bonds is 8. The Bertz CT molecular complexity index is 350. The molecule has 17 heavy (non-hydrogen) atoms. The number of hydrogen-bond acceptors (Lipinski definition) is 3. The molecule has 0 aliphatic carbocycles. The van der Waals surface area contributed by atoms with Crippen LogP contribution in [0, 0.1) is 0 Å². The van der Waals surface area contributed by atoms with E-state index in [-0.39, 0.29) is 0 Å². The lowest BCUT2D eigenvalue weighted by molar-refractivity contribution is 0.290. The molecule has 0 aromatic heterocycles. The molecule has 0 radical (unpaired) electrons. The van der Waals surface area contributed by atoms with Crippen molar-refractivity contribution in [1.29, 1.82) is 0 Å². The van der Waals surface area contributed by atoms with Gasteiger partial charge < -0.3 is 14.8 Å². The first-order chi connectivity index (χ1) is 8.33. The topological polar surface area (TPSA) is 30.5 Å². The van der Waals surface area contributed by atoms with Gasteiger partial charge in [-0.3, -0.25) is 0 Å². The summed E-state index contributed by atoms with van der Waals surface area (Å²) in [5.41, 5.74) is 1.11. The number of methoxy groups -OCH3 is 1. The van der Waals surface area contributed by atoms with E-state index in [1.165, 1.54) is 0 Å². The lowest BCUT2D eigenvalue weighted by Gasteiger charge is -2.14. The van der Waals surface area contributed by atoms with E-state index in [0.717, 1.165) is 36.6 Å². The van der Waals surface area contributed by atoms with Crippen molar-refractivity contribution in [3.63, 3.8) is 0 Å². The normalized spacial score (nSPS) is 10.0. The lowest BCUT2D eigenvalue weighted by Crippen LogP contribution is -2.14.